The lowest BCUT2D eigenvalue weighted by Crippen LogP contribution is -2.16. The predicted molar refractivity (Wildman–Crippen MR) is 446 cm³/mol. The van der Waals surface area contributed by atoms with Crippen LogP contribution in [0.5, 0.6) is 34.5 Å². The molecule has 18 rings (SSSR count). The van der Waals surface area contributed by atoms with Crippen molar-refractivity contribution in [3.8, 4) is 90.1 Å². The van der Waals surface area contributed by atoms with Gasteiger partial charge in [0.2, 0.25) is 0 Å². The van der Waals surface area contributed by atoms with Gasteiger partial charge < -0.3 is 28.7 Å². The largest absolute Gasteiger partial charge is 0.493 e. The van der Waals surface area contributed by atoms with Crippen molar-refractivity contribution in [2.45, 2.75) is 79.1 Å². The van der Waals surface area contributed by atoms with Gasteiger partial charge in [0.05, 0.1) is 36.0 Å². The van der Waals surface area contributed by atoms with Crippen LogP contribution in [0.25, 0.3) is 120 Å². The molecule has 0 spiro atoms. The molecule has 0 radical (unpaired) electrons. The molecule has 0 aliphatic carbocycles. The fraction of sp³-hybridized carbons (Fsp3) is 0.160. The van der Waals surface area contributed by atoms with Crippen molar-refractivity contribution in [2.75, 3.05) is 23.0 Å². The van der Waals surface area contributed by atoms with E-state index in [1.807, 2.05) is 0 Å². The van der Waals surface area contributed by atoms with Crippen LogP contribution in [0.2, 0.25) is 0 Å². The Morgan fingerprint density at radius 3 is 0.858 bits per heavy atom. The molecule has 0 fully saturated rings. The first-order valence-corrected chi connectivity index (χ1v) is 38.2. The van der Waals surface area contributed by atoms with Crippen LogP contribution in [-0.4, -0.2) is 13.2 Å². The van der Waals surface area contributed by atoms with E-state index >= 15 is 0 Å². The molecule has 0 saturated heterocycles. The monoisotopic (exact) mass is 1380 g/mol. The molecule has 2 atom stereocenters. The quantitative estimate of drug-likeness (QED) is 0.0668. The second kappa shape index (κ2) is 28.5. The highest BCUT2D eigenvalue weighted by Gasteiger charge is 2.32. The molecule has 16 aromatic carbocycles. The Morgan fingerprint density at radius 2 is 0.547 bits per heavy atom. The summed E-state index contributed by atoms with van der Waals surface area (Å²) in [6.45, 7) is 10.5. The number of hydrogen-bond donors (Lipinski definition) is 0. The Kier molecular flexibility index (Phi) is 17.7. The SMILES string of the molecule is CCCCC(CC)COc1ccc(N2c3ccc(-c4ccc5c(c4)Oc4cc(-c6c7ccccc7c(-c7ccc8ccccc8c7)c7ccccc67)ccc4N5c4ccc(OCC(CC)CCCC)cc4)cc3Oc3cc(-c4c5ccccc5c(-c5ccc6ccccc6c5)c5ccccc45)ccc32)cc1. The Labute approximate surface area is 621 Å². The zero-order valence-corrected chi connectivity index (χ0v) is 60.6. The number of ether oxygens (including phenoxy) is 4. The molecule has 0 bridgehead atoms. The normalized spacial score (nSPS) is 12.9. The lowest BCUT2D eigenvalue weighted by Gasteiger charge is -2.34. The first kappa shape index (κ1) is 65.9. The molecule has 2 aliphatic heterocycles. The molecular weight excluding hydrogens is 1290 g/mol. The van der Waals surface area contributed by atoms with E-state index < -0.39 is 0 Å². The molecule has 0 amide bonds. The van der Waals surface area contributed by atoms with Crippen molar-refractivity contribution in [3.05, 3.63) is 303 Å². The summed E-state index contributed by atoms with van der Waals surface area (Å²) in [5, 5.41) is 14.4. The Bertz CT molecular complexity index is 5530. The molecule has 0 saturated carbocycles. The number of nitrogens with zero attached hydrogens (tertiary/aromatic N) is 2. The lowest BCUT2D eigenvalue weighted by molar-refractivity contribution is 0.233. The standard InChI is InChI=1S/C100H84N2O4/c1-5-9-23-65(7-3)63-103-79-49-45-77(46-50-79)101-89-53-41-71(59-93(89)105-95-61-75(43-55-91(95)101)99-85-33-19-15-29-81(85)97(82-30-16-20-34-86(82)99)73-39-37-67-25-11-13-27-69(67)57-73)72-42-54-90-94(60-72)106-96-62-76(44-56-92(96)102(90)78-47-51-80(52-48-78)104-64-66(8-4)24-10-6-2)100-87-35-21-17-31-83(87)98(84-32-18-22-36-88(84)100)74-40-38-68-26-12-14-28-70(68)58-74/h11-22,25-62,65-66H,5-10,23-24,63-64H2,1-4H3. The van der Waals surface area contributed by atoms with Crippen molar-refractivity contribution < 1.29 is 18.9 Å². The van der Waals surface area contributed by atoms with E-state index in [2.05, 4.69) is 341 Å². The Hall–Kier alpha value is -12.1. The highest BCUT2D eigenvalue weighted by molar-refractivity contribution is 6.23. The van der Waals surface area contributed by atoms with Gasteiger partial charge in [-0.1, -0.05) is 260 Å². The maximum absolute atomic E-state index is 7.39. The number of unbranched alkanes of at least 4 members (excludes halogenated alkanes) is 2. The average Bonchev–Trinajstić information content (AvgIpc) is 0.742. The minimum Gasteiger partial charge on any atom is -0.493 e. The summed E-state index contributed by atoms with van der Waals surface area (Å²) in [5.74, 6) is 5.77. The topological polar surface area (TPSA) is 43.4 Å². The summed E-state index contributed by atoms with van der Waals surface area (Å²) in [4.78, 5) is 4.69. The zero-order valence-electron chi connectivity index (χ0n) is 60.6. The summed E-state index contributed by atoms with van der Waals surface area (Å²) in [6.07, 6.45) is 9.33. The minimum absolute atomic E-state index is 0.518. The predicted octanol–water partition coefficient (Wildman–Crippen LogP) is 29.3. The summed E-state index contributed by atoms with van der Waals surface area (Å²) >= 11 is 0. The number of hydrogen-bond acceptors (Lipinski definition) is 6. The molecule has 518 valence electrons. The van der Waals surface area contributed by atoms with Crippen molar-refractivity contribution in [1.82, 2.24) is 0 Å². The second-order valence-electron chi connectivity index (χ2n) is 28.9. The van der Waals surface area contributed by atoms with Crippen LogP contribution < -0.4 is 28.7 Å². The maximum atomic E-state index is 7.39. The van der Waals surface area contributed by atoms with Crippen molar-refractivity contribution in [3.63, 3.8) is 0 Å². The van der Waals surface area contributed by atoms with E-state index in [4.69, 9.17) is 18.9 Å². The summed E-state index contributed by atoms with van der Waals surface area (Å²) < 4.78 is 27.9. The van der Waals surface area contributed by atoms with E-state index in [0.717, 1.165) is 104 Å². The zero-order chi connectivity index (χ0) is 71.2. The number of fused-ring (bicyclic) bond motifs is 10. The van der Waals surface area contributed by atoms with Gasteiger partial charge in [-0.3, -0.25) is 0 Å². The van der Waals surface area contributed by atoms with Gasteiger partial charge in [-0.15, -0.1) is 0 Å². The molecule has 6 nitrogen and oxygen atoms in total. The summed E-state index contributed by atoms with van der Waals surface area (Å²) in [5.41, 5.74) is 17.1. The van der Waals surface area contributed by atoms with Crippen LogP contribution >= 0.6 is 0 Å². The van der Waals surface area contributed by atoms with Crippen LogP contribution in [-0.2, 0) is 0 Å². The van der Waals surface area contributed by atoms with Gasteiger partial charge in [0.1, 0.15) is 11.5 Å². The molecule has 6 heteroatoms. The maximum Gasteiger partial charge on any atom is 0.152 e. The fourth-order valence-corrected chi connectivity index (χ4v) is 16.6. The molecule has 0 N–H and O–H groups in total. The van der Waals surface area contributed by atoms with Crippen molar-refractivity contribution in [1.29, 1.82) is 0 Å². The minimum atomic E-state index is 0.518. The summed E-state index contributed by atoms with van der Waals surface area (Å²) in [7, 11) is 0. The van der Waals surface area contributed by atoms with Crippen LogP contribution in [0.3, 0.4) is 0 Å². The Morgan fingerprint density at radius 1 is 0.274 bits per heavy atom. The highest BCUT2D eigenvalue weighted by Crippen LogP contribution is 2.57. The van der Waals surface area contributed by atoms with E-state index in [1.165, 1.54) is 137 Å². The molecule has 2 unspecified atom stereocenters. The van der Waals surface area contributed by atoms with Crippen LogP contribution in [0, 0.1) is 11.8 Å². The van der Waals surface area contributed by atoms with Gasteiger partial charge in [-0.2, -0.15) is 0 Å². The molecule has 106 heavy (non-hydrogen) atoms. The molecule has 0 aromatic heterocycles. The first-order chi connectivity index (χ1) is 52.4. The molecule has 2 aliphatic rings. The fourth-order valence-electron chi connectivity index (χ4n) is 16.6. The smallest absolute Gasteiger partial charge is 0.152 e. The summed E-state index contributed by atoms with van der Waals surface area (Å²) in [6, 6.07) is 111. The van der Waals surface area contributed by atoms with Gasteiger partial charge in [0.15, 0.2) is 23.0 Å². The second-order valence-corrected chi connectivity index (χ2v) is 28.9. The van der Waals surface area contributed by atoms with Crippen molar-refractivity contribution >= 4 is 98.8 Å². The third-order valence-corrected chi connectivity index (χ3v) is 22.3. The van der Waals surface area contributed by atoms with Gasteiger partial charge in [-0.05, 0) is 254 Å². The van der Waals surface area contributed by atoms with E-state index in [1.54, 1.807) is 0 Å². The number of benzene rings is 16. The van der Waals surface area contributed by atoms with Gasteiger partial charge in [-0.25, -0.2) is 0 Å². The molecule has 2 heterocycles. The number of rotatable bonds is 21. The lowest BCUT2D eigenvalue weighted by atomic mass is 9.85. The highest BCUT2D eigenvalue weighted by atomic mass is 16.5. The third-order valence-electron chi connectivity index (χ3n) is 22.3. The van der Waals surface area contributed by atoms with Crippen LogP contribution in [0.15, 0.2) is 303 Å². The van der Waals surface area contributed by atoms with Gasteiger partial charge in [0.25, 0.3) is 0 Å². The van der Waals surface area contributed by atoms with Gasteiger partial charge in [0, 0.05) is 11.4 Å². The first-order valence-electron chi connectivity index (χ1n) is 38.2. The molecule has 16 aromatic rings. The van der Waals surface area contributed by atoms with E-state index in [-0.39, 0.29) is 0 Å². The van der Waals surface area contributed by atoms with E-state index in [0.29, 0.717) is 25.0 Å². The van der Waals surface area contributed by atoms with Crippen molar-refractivity contribution in [2.24, 2.45) is 11.8 Å². The number of anilines is 6. The van der Waals surface area contributed by atoms with Gasteiger partial charge >= 0.3 is 0 Å². The molecular formula is C100H84N2O4. The van der Waals surface area contributed by atoms with Crippen LogP contribution in [0.1, 0.15) is 79.1 Å². The third kappa shape index (κ3) is 12.2. The van der Waals surface area contributed by atoms with E-state index in [9.17, 15) is 0 Å². The Balaban J connectivity index is 0.749. The average molecular weight is 1380 g/mol. The van der Waals surface area contributed by atoms with Crippen LogP contribution in [0.4, 0.5) is 34.1 Å².